The number of rotatable bonds is 2. The van der Waals surface area contributed by atoms with Crippen LogP contribution in [0.15, 0.2) is 40.9 Å². The van der Waals surface area contributed by atoms with Crippen molar-refractivity contribution in [1.29, 1.82) is 0 Å². The third-order valence-corrected chi connectivity index (χ3v) is 3.36. The molecule has 0 aliphatic carbocycles. The van der Waals surface area contributed by atoms with Crippen LogP contribution in [0.5, 0.6) is 0 Å². The van der Waals surface area contributed by atoms with Crippen LogP contribution in [0.2, 0.25) is 5.02 Å². The van der Waals surface area contributed by atoms with Crippen LogP contribution in [-0.4, -0.2) is 5.91 Å². The fourth-order valence-electron chi connectivity index (χ4n) is 1.54. The number of carbonyl (C=O) groups excluding carboxylic acids is 1. The number of anilines is 2. The molecular weight excluding hydrogens is 335 g/mol. The van der Waals surface area contributed by atoms with Gasteiger partial charge in [-0.05, 0) is 46.3 Å². The van der Waals surface area contributed by atoms with E-state index in [1.54, 1.807) is 12.1 Å². The molecule has 6 heteroatoms. The van der Waals surface area contributed by atoms with Crippen molar-refractivity contribution in [1.82, 2.24) is 0 Å². The maximum atomic E-state index is 13.6. The summed E-state index contributed by atoms with van der Waals surface area (Å²) < 4.78 is 14.0. The van der Waals surface area contributed by atoms with E-state index >= 15 is 0 Å². The van der Waals surface area contributed by atoms with Crippen molar-refractivity contribution in [2.45, 2.75) is 0 Å². The highest BCUT2D eigenvalue weighted by Gasteiger charge is 2.14. The van der Waals surface area contributed by atoms with Crippen LogP contribution in [0.4, 0.5) is 15.8 Å². The minimum Gasteiger partial charge on any atom is -0.398 e. The van der Waals surface area contributed by atoms with E-state index in [9.17, 15) is 9.18 Å². The zero-order chi connectivity index (χ0) is 14.0. The molecule has 2 aromatic carbocycles. The molecule has 0 saturated heterocycles. The molecule has 1 amide bonds. The average molecular weight is 344 g/mol. The molecule has 3 N–H and O–H groups in total. The van der Waals surface area contributed by atoms with Crippen LogP contribution < -0.4 is 11.1 Å². The minimum atomic E-state index is -0.532. The number of nitrogens with one attached hydrogen (secondary N) is 1. The second-order valence-corrected chi connectivity index (χ2v) is 5.07. The lowest BCUT2D eigenvalue weighted by molar-refractivity contribution is 0.102. The molecule has 0 radical (unpaired) electrons. The molecule has 0 saturated carbocycles. The molecule has 2 aromatic rings. The second kappa shape index (κ2) is 5.59. The lowest BCUT2D eigenvalue weighted by atomic mass is 10.1. The summed E-state index contributed by atoms with van der Waals surface area (Å²) in [7, 11) is 0. The first kappa shape index (κ1) is 13.8. The van der Waals surface area contributed by atoms with Gasteiger partial charge in [0, 0.05) is 15.2 Å². The molecule has 0 spiro atoms. The van der Waals surface area contributed by atoms with Crippen molar-refractivity contribution in [2.24, 2.45) is 0 Å². The molecular formula is C13H9BrClFN2O. The average Bonchev–Trinajstić information content (AvgIpc) is 2.33. The quantitative estimate of drug-likeness (QED) is 0.807. The maximum absolute atomic E-state index is 13.6. The smallest absolute Gasteiger partial charge is 0.257 e. The third kappa shape index (κ3) is 3.05. The van der Waals surface area contributed by atoms with Crippen molar-refractivity contribution < 1.29 is 9.18 Å². The molecule has 0 atom stereocenters. The number of amides is 1. The summed E-state index contributed by atoms with van der Waals surface area (Å²) >= 11 is 8.92. The minimum absolute atomic E-state index is 0.0712. The Balaban J connectivity index is 2.31. The number of benzene rings is 2. The Morgan fingerprint density at radius 1 is 1.32 bits per heavy atom. The van der Waals surface area contributed by atoms with E-state index < -0.39 is 11.7 Å². The van der Waals surface area contributed by atoms with Crippen molar-refractivity contribution >= 4 is 44.8 Å². The summed E-state index contributed by atoms with van der Waals surface area (Å²) in [5.74, 6) is -1.03. The topological polar surface area (TPSA) is 55.1 Å². The second-order valence-electron chi connectivity index (χ2n) is 3.78. The number of nitrogens with two attached hydrogens (primary N) is 1. The Morgan fingerprint density at radius 2 is 2.05 bits per heavy atom. The molecule has 0 bridgehead atoms. The van der Waals surface area contributed by atoms with Crippen LogP contribution in [0.25, 0.3) is 0 Å². The Bertz CT molecular complexity index is 628. The van der Waals surface area contributed by atoms with Crippen LogP contribution in [-0.2, 0) is 0 Å². The Labute approximate surface area is 122 Å². The van der Waals surface area contributed by atoms with Crippen LogP contribution >= 0.6 is 27.5 Å². The monoisotopic (exact) mass is 342 g/mol. The van der Waals surface area contributed by atoms with E-state index in [0.717, 1.165) is 0 Å². The lowest BCUT2D eigenvalue weighted by Gasteiger charge is -2.10. The predicted molar refractivity (Wildman–Crippen MR) is 77.9 cm³/mol. The van der Waals surface area contributed by atoms with E-state index in [0.29, 0.717) is 9.50 Å². The predicted octanol–water partition coefficient (Wildman–Crippen LogP) is 4.08. The van der Waals surface area contributed by atoms with Gasteiger partial charge in [-0.25, -0.2) is 4.39 Å². The first-order valence-electron chi connectivity index (χ1n) is 5.29. The molecule has 0 aliphatic rings. The molecule has 0 unspecified atom stereocenters. The van der Waals surface area contributed by atoms with Gasteiger partial charge in [0.25, 0.3) is 5.91 Å². The van der Waals surface area contributed by atoms with Gasteiger partial charge in [0.2, 0.25) is 0 Å². The Kier molecular flexibility index (Phi) is 4.07. The highest BCUT2D eigenvalue weighted by Crippen LogP contribution is 2.26. The number of halogens is 3. The van der Waals surface area contributed by atoms with Crippen molar-refractivity contribution in [3.8, 4) is 0 Å². The van der Waals surface area contributed by atoms with Gasteiger partial charge in [-0.15, -0.1) is 0 Å². The van der Waals surface area contributed by atoms with E-state index in [-0.39, 0.29) is 16.9 Å². The highest BCUT2D eigenvalue weighted by molar-refractivity contribution is 9.10. The summed E-state index contributed by atoms with van der Waals surface area (Å²) in [6.07, 6.45) is 0. The van der Waals surface area contributed by atoms with E-state index in [4.69, 9.17) is 17.3 Å². The number of hydrogen-bond donors (Lipinski definition) is 2. The van der Waals surface area contributed by atoms with E-state index in [1.807, 2.05) is 0 Å². The van der Waals surface area contributed by atoms with Gasteiger partial charge >= 0.3 is 0 Å². The van der Waals surface area contributed by atoms with E-state index in [1.165, 1.54) is 24.3 Å². The maximum Gasteiger partial charge on any atom is 0.257 e. The molecule has 0 aromatic heterocycles. The fourth-order valence-corrected chi connectivity index (χ4v) is 2.16. The molecule has 0 heterocycles. The molecule has 0 fully saturated rings. The van der Waals surface area contributed by atoms with Gasteiger partial charge in [-0.3, -0.25) is 4.79 Å². The molecule has 0 aliphatic heterocycles. The number of hydrogen-bond acceptors (Lipinski definition) is 2. The van der Waals surface area contributed by atoms with Crippen molar-refractivity contribution in [3.05, 3.63) is 57.3 Å². The van der Waals surface area contributed by atoms with Crippen molar-refractivity contribution in [3.63, 3.8) is 0 Å². The molecule has 2 rings (SSSR count). The first-order chi connectivity index (χ1) is 8.99. The van der Waals surface area contributed by atoms with Crippen LogP contribution in [0.1, 0.15) is 10.4 Å². The largest absolute Gasteiger partial charge is 0.398 e. The van der Waals surface area contributed by atoms with E-state index in [2.05, 4.69) is 21.2 Å². The van der Waals surface area contributed by atoms with Crippen LogP contribution in [0.3, 0.4) is 0 Å². The van der Waals surface area contributed by atoms with Gasteiger partial charge in [-0.2, -0.15) is 0 Å². The van der Waals surface area contributed by atoms with Gasteiger partial charge in [-0.1, -0.05) is 17.7 Å². The Hall–Kier alpha value is -1.59. The zero-order valence-corrected chi connectivity index (χ0v) is 11.9. The van der Waals surface area contributed by atoms with Gasteiger partial charge in [0.15, 0.2) is 0 Å². The van der Waals surface area contributed by atoms with Gasteiger partial charge < -0.3 is 11.1 Å². The lowest BCUT2D eigenvalue weighted by Crippen LogP contribution is -2.15. The van der Waals surface area contributed by atoms with Gasteiger partial charge in [0.1, 0.15) is 5.82 Å². The summed E-state index contributed by atoms with van der Waals surface area (Å²) in [6, 6.07) is 8.92. The molecule has 98 valence electrons. The van der Waals surface area contributed by atoms with Gasteiger partial charge in [0.05, 0.1) is 11.3 Å². The number of nitrogen functional groups attached to an aromatic ring is 1. The Morgan fingerprint density at radius 3 is 2.68 bits per heavy atom. The fraction of sp³-hybridized carbons (Fsp3) is 0. The standard InChI is InChI=1S/C13H9BrClFN2O/c14-9-2-1-3-10(16)12(9)18-13(19)8-5-4-7(15)6-11(8)17/h1-6H,17H2,(H,18,19). The first-order valence-corrected chi connectivity index (χ1v) is 6.46. The summed E-state index contributed by atoms with van der Waals surface area (Å²) in [5, 5.41) is 2.90. The summed E-state index contributed by atoms with van der Waals surface area (Å²) in [4.78, 5) is 12.0. The third-order valence-electron chi connectivity index (χ3n) is 2.46. The normalized spacial score (nSPS) is 10.3. The zero-order valence-electron chi connectivity index (χ0n) is 9.58. The van der Waals surface area contributed by atoms with Crippen LogP contribution in [0, 0.1) is 5.82 Å². The highest BCUT2D eigenvalue weighted by atomic mass is 79.9. The summed E-state index contributed by atoms with van der Waals surface area (Å²) in [5.41, 5.74) is 6.24. The SMILES string of the molecule is Nc1cc(Cl)ccc1C(=O)Nc1c(F)cccc1Br. The number of carbonyl (C=O) groups is 1. The summed E-state index contributed by atoms with van der Waals surface area (Å²) in [6.45, 7) is 0. The van der Waals surface area contributed by atoms with Crippen molar-refractivity contribution in [2.75, 3.05) is 11.1 Å². The number of para-hydroxylation sites is 1. The molecule has 3 nitrogen and oxygen atoms in total. The molecule has 19 heavy (non-hydrogen) atoms.